The first-order valence-electron chi connectivity index (χ1n) is 8.27. The van der Waals surface area contributed by atoms with Gasteiger partial charge >= 0.3 is 0 Å². The number of hydrogen-bond acceptors (Lipinski definition) is 4. The van der Waals surface area contributed by atoms with Crippen molar-refractivity contribution >= 4 is 32.3 Å². The third kappa shape index (κ3) is 2.69. The van der Waals surface area contributed by atoms with Crippen LogP contribution in [0.15, 0.2) is 41.9 Å². The third-order valence-corrected chi connectivity index (χ3v) is 5.51. The summed E-state index contributed by atoms with van der Waals surface area (Å²) in [5.74, 6) is 1.16. The lowest BCUT2D eigenvalue weighted by Gasteiger charge is -2.19. The van der Waals surface area contributed by atoms with Crippen molar-refractivity contribution in [2.24, 2.45) is 0 Å². The predicted octanol–water partition coefficient (Wildman–Crippen LogP) is 5.51. The molecular formula is C21H18FNO2S. The van der Waals surface area contributed by atoms with Gasteiger partial charge in [0.25, 0.3) is 0 Å². The van der Waals surface area contributed by atoms with Crippen molar-refractivity contribution in [1.29, 1.82) is 0 Å². The van der Waals surface area contributed by atoms with Crippen LogP contribution in [0.25, 0.3) is 21.0 Å². The average molecular weight is 367 g/mol. The van der Waals surface area contributed by atoms with Crippen LogP contribution >= 0.6 is 11.3 Å². The van der Waals surface area contributed by atoms with E-state index in [-0.39, 0.29) is 5.82 Å². The van der Waals surface area contributed by atoms with E-state index in [1.54, 1.807) is 31.6 Å². The van der Waals surface area contributed by atoms with Gasteiger partial charge in [0.1, 0.15) is 17.3 Å². The zero-order chi connectivity index (χ0) is 18.3. The highest BCUT2D eigenvalue weighted by Crippen LogP contribution is 2.41. The number of ether oxygens (including phenoxy) is 2. The minimum atomic E-state index is -0.293. The number of hydrogen-bond donors (Lipinski definition) is 0. The molecule has 5 heteroatoms. The van der Waals surface area contributed by atoms with Crippen LogP contribution in [0.2, 0.25) is 0 Å². The highest BCUT2D eigenvalue weighted by molar-refractivity contribution is 7.16. The third-order valence-electron chi connectivity index (χ3n) is 4.72. The average Bonchev–Trinajstić information content (AvgIpc) is 3.10. The number of fused-ring (bicyclic) bond motifs is 2. The Hall–Kier alpha value is -2.66. The van der Waals surface area contributed by atoms with Crippen molar-refractivity contribution < 1.29 is 13.9 Å². The van der Waals surface area contributed by atoms with E-state index in [1.165, 1.54) is 12.1 Å². The van der Waals surface area contributed by atoms with Crippen molar-refractivity contribution in [3.63, 3.8) is 0 Å². The lowest BCUT2D eigenvalue weighted by molar-refractivity contribution is 0.404. The lowest BCUT2D eigenvalue weighted by atomic mass is 9.94. The summed E-state index contributed by atoms with van der Waals surface area (Å²) < 4.78 is 26.4. The SMILES string of the molecule is COc1c(C)c(Cc2ccc3ncsc3c2)c(OC)c2cc(F)ccc12. The van der Waals surface area contributed by atoms with Gasteiger partial charge in [0.05, 0.1) is 29.9 Å². The largest absolute Gasteiger partial charge is 0.496 e. The second-order valence-corrected chi connectivity index (χ2v) is 7.08. The summed E-state index contributed by atoms with van der Waals surface area (Å²) in [6.45, 7) is 2.02. The Morgan fingerprint density at radius 3 is 2.58 bits per heavy atom. The molecular weight excluding hydrogens is 349 g/mol. The van der Waals surface area contributed by atoms with Crippen molar-refractivity contribution in [2.75, 3.05) is 14.2 Å². The van der Waals surface area contributed by atoms with E-state index in [4.69, 9.17) is 9.47 Å². The highest BCUT2D eigenvalue weighted by Gasteiger charge is 2.19. The zero-order valence-corrected chi connectivity index (χ0v) is 15.6. The number of aromatic nitrogens is 1. The lowest BCUT2D eigenvalue weighted by Crippen LogP contribution is -2.02. The van der Waals surface area contributed by atoms with Gasteiger partial charge < -0.3 is 9.47 Å². The van der Waals surface area contributed by atoms with Crippen LogP contribution in [0, 0.1) is 12.7 Å². The van der Waals surface area contributed by atoms with E-state index in [1.807, 2.05) is 18.5 Å². The number of rotatable bonds is 4. The summed E-state index contributed by atoms with van der Waals surface area (Å²) in [6.07, 6.45) is 0.672. The van der Waals surface area contributed by atoms with Crippen molar-refractivity contribution in [1.82, 2.24) is 4.98 Å². The molecule has 1 aromatic heterocycles. The maximum atomic E-state index is 13.9. The van der Waals surface area contributed by atoms with Crippen molar-refractivity contribution in [3.05, 3.63) is 64.4 Å². The van der Waals surface area contributed by atoms with Crippen LogP contribution in [0.3, 0.4) is 0 Å². The van der Waals surface area contributed by atoms with Gasteiger partial charge in [-0.3, -0.25) is 0 Å². The smallest absolute Gasteiger partial charge is 0.130 e. The molecule has 4 aromatic rings. The van der Waals surface area contributed by atoms with Gasteiger partial charge in [-0.05, 0) is 48.4 Å². The molecule has 0 spiro atoms. The molecule has 3 aromatic carbocycles. The van der Waals surface area contributed by atoms with E-state index < -0.39 is 0 Å². The molecule has 4 rings (SSSR count). The van der Waals surface area contributed by atoms with Gasteiger partial charge in [0, 0.05) is 22.8 Å². The first kappa shape index (κ1) is 16.8. The monoisotopic (exact) mass is 367 g/mol. The summed E-state index contributed by atoms with van der Waals surface area (Å²) in [4.78, 5) is 4.33. The quantitative estimate of drug-likeness (QED) is 0.477. The molecule has 3 nitrogen and oxygen atoms in total. The molecule has 0 amide bonds. The van der Waals surface area contributed by atoms with Gasteiger partial charge in [-0.2, -0.15) is 0 Å². The van der Waals surface area contributed by atoms with E-state index in [0.717, 1.165) is 43.4 Å². The fraction of sp³-hybridized carbons (Fsp3) is 0.190. The van der Waals surface area contributed by atoms with E-state index in [2.05, 4.69) is 17.1 Å². The maximum absolute atomic E-state index is 13.9. The minimum Gasteiger partial charge on any atom is -0.496 e. The molecule has 0 radical (unpaired) electrons. The molecule has 0 bridgehead atoms. The Kier molecular flexibility index (Phi) is 4.24. The van der Waals surface area contributed by atoms with Gasteiger partial charge in [-0.25, -0.2) is 9.37 Å². The Labute approximate surface area is 155 Å². The standard InChI is InChI=1S/C21H18FNO2S/c1-12-16(8-13-4-7-18-19(9-13)26-11-23-18)21(25-3)17-10-14(22)5-6-15(17)20(12)24-2/h4-7,9-11H,8H2,1-3H3. The molecule has 0 N–H and O–H groups in total. The maximum Gasteiger partial charge on any atom is 0.130 e. The van der Waals surface area contributed by atoms with Crippen LogP contribution < -0.4 is 9.47 Å². The fourth-order valence-corrected chi connectivity index (χ4v) is 4.24. The minimum absolute atomic E-state index is 0.293. The topological polar surface area (TPSA) is 31.4 Å². The number of nitrogens with zero attached hydrogens (tertiary/aromatic N) is 1. The summed E-state index contributed by atoms with van der Waals surface area (Å²) in [7, 11) is 3.27. The molecule has 1 heterocycles. The van der Waals surface area contributed by atoms with Gasteiger partial charge in [0.2, 0.25) is 0 Å². The Bertz CT molecular complexity index is 1120. The molecule has 0 aliphatic rings. The van der Waals surface area contributed by atoms with Crippen LogP contribution in [-0.2, 0) is 6.42 Å². The predicted molar refractivity (Wildman–Crippen MR) is 104 cm³/mol. The molecule has 0 fully saturated rings. The van der Waals surface area contributed by atoms with Crippen LogP contribution in [0.4, 0.5) is 4.39 Å². The molecule has 0 aliphatic carbocycles. The molecule has 0 aliphatic heterocycles. The Morgan fingerprint density at radius 1 is 1.00 bits per heavy atom. The van der Waals surface area contributed by atoms with Gasteiger partial charge in [-0.1, -0.05) is 6.07 Å². The number of thiazole rings is 1. The Morgan fingerprint density at radius 2 is 1.81 bits per heavy atom. The summed E-state index contributed by atoms with van der Waals surface area (Å²) >= 11 is 1.62. The van der Waals surface area contributed by atoms with E-state index in [0.29, 0.717) is 12.2 Å². The summed E-state index contributed by atoms with van der Waals surface area (Å²) in [6, 6.07) is 10.9. The zero-order valence-electron chi connectivity index (χ0n) is 14.8. The van der Waals surface area contributed by atoms with E-state index in [9.17, 15) is 4.39 Å². The first-order valence-corrected chi connectivity index (χ1v) is 9.15. The van der Waals surface area contributed by atoms with Crippen LogP contribution in [-0.4, -0.2) is 19.2 Å². The van der Waals surface area contributed by atoms with Crippen molar-refractivity contribution in [3.8, 4) is 11.5 Å². The van der Waals surface area contributed by atoms with Crippen LogP contribution in [0.5, 0.6) is 11.5 Å². The number of halogens is 1. The van der Waals surface area contributed by atoms with E-state index >= 15 is 0 Å². The first-order chi connectivity index (χ1) is 12.6. The second-order valence-electron chi connectivity index (χ2n) is 6.19. The van der Waals surface area contributed by atoms with Crippen LogP contribution in [0.1, 0.15) is 16.7 Å². The molecule has 0 unspecified atom stereocenters. The van der Waals surface area contributed by atoms with Crippen molar-refractivity contribution in [2.45, 2.75) is 13.3 Å². The molecule has 0 saturated heterocycles. The van der Waals surface area contributed by atoms with Gasteiger partial charge in [-0.15, -0.1) is 11.3 Å². The molecule has 0 saturated carbocycles. The highest BCUT2D eigenvalue weighted by atomic mass is 32.1. The molecule has 0 atom stereocenters. The number of benzene rings is 3. The summed E-state index contributed by atoms with van der Waals surface area (Å²) in [5.41, 5.74) is 6.02. The summed E-state index contributed by atoms with van der Waals surface area (Å²) in [5, 5.41) is 1.58. The molecule has 132 valence electrons. The Balaban J connectivity index is 1.93. The van der Waals surface area contributed by atoms with Gasteiger partial charge in [0.15, 0.2) is 0 Å². The molecule has 26 heavy (non-hydrogen) atoms. The number of methoxy groups -OCH3 is 2. The normalized spacial score (nSPS) is 11.2. The second kappa shape index (κ2) is 6.57. The fourth-order valence-electron chi connectivity index (χ4n) is 3.50.